The van der Waals surface area contributed by atoms with Crippen LogP contribution in [0.4, 0.5) is 0 Å². The summed E-state index contributed by atoms with van der Waals surface area (Å²) in [5, 5.41) is 0. The van der Waals surface area contributed by atoms with Gasteiger partial charge in [0.15, 0.2) is 24.8 Å². The van der Waals surface area contributed by atoms with E-state index in [-0.39, 0.29) is 11.0 Å². The molecule has 0 radical (unpaired) electrons. The van der Waals surface area contributed by atoms with E-state index >= 15 is 0 Å². The Kier molecular flexibility index (Phi) is 18.9. The molecule has 0 spiro atoms. The first-order valence-electron chi connectivity index (χ1n) is 15.9. The van der Waals surface area contributed by atoms with Crippen molar-refractivity contribution in [3.05, 3.63) is 60.2 Å². The van der Waals surface area contributed by atoms with Crippen LogP contribution >= 0.6 is 23.2 Å². The second kappa shape index (κ2) is 21.7. The number of hydrogen-bond donors (Lipinski definition) is 0. The fraction of sp³-hybridized carbons (Fsp3) is 0.706. The topological polar surface area (TPSA) is 7.76 Å². The lowest BCUT2D eigenvalue weighted by molar-refractivity contribution is -0.703. The maximum Gasteiger partial charge on any atom is 0.232 e. The van der Waals surface area contributed by atoms with E-state index in [2.05, 4.69) is 72.0 Å². The lowest BCUT2D eigenvalue weighted by Gasteiger charge is -2.07. The number of pyridine rings is 2. The lowest BCUT2D eigenvalue weighted by Crippen LogP contribution is -2.35. The molecule has 0 aromatic carbocycles. The third kappa shape index (κ3) is 14.9. The van der Waals surface area contributed by atoms with Crippen molar-refractivity contribution >= 4 is 23.2 Å². The average molecular weight is 564 g/mol. The molecule has 4 heteroatoms. The zero-order chi connectivity index (χ0) is 27.3. The van der Waals surface area contributed by atoms with Gasteiger partial charge in [-0.3, -0.25) is 0 Å². The van der Waals surface area contributed by atoms with Crippen LogP contribution in [0.5, 0.6) is 0 Å². The quantitative estimate of drug-likeness (QED) is 0.0722. The number of hydrogen-bond acceptors (Lipinski definition) is 0. The number of halogens is 2. The monoisotopic (exact) mass is 562 g/mol. The lowest BCUT2D eigenvalue weighted by atomic mass is 10.1. The minimum absolute atomic E-state index is 0.0764. The molecule has 2 unspecified atom stereocenters. The van der Waals surface area contributed by atoms with Gasteiger partial charge in [-0.25, -0.2) is 0 Å². The summed E-state index contributed by atoms with van der Waals surface area (Å²) in [6.07, 6.45) is 34.0. The first-order chi connectivity index (χ1) is 18.6. The molecular formula is C34H56Cl2N2+2. The zero-order valence-corrected chi connectivity index (χ0v) is 26.1. The van der Waals surface area contributed by atoms with Crippen molar-refractivity contribution in [2.45, 2.75) is 153 Å². The summed E-state index contributed by atoms with van der Waals surface area (Å²) < 4.78 is 4.34. The summed E-state index contributed by atoms with van der Waals surface area (Å²) in [5.74, 6) is 0. The highest BCUT2D eigenvalue weighted by molar-refractivity contribution is 6.18. The van der Waals surface area contributed by atoms with E-state index in [9.17, 15) is 0 Å². The smallest absolute Gasteiger partial charge is 0.188 e. The molecule has 0 aliphatic carbocycles. The summed E-state index contributed by atoms with van der Waals surface area (Å²) >= 11 is 13.3. The van der Waals surface area contributed by atoms with Crippen LogP contribution in [0.2, 0.25) is 0 Å². The summed E-state index contributed by atoms with van der Waals surface area (Å²) in [7, 11) is 0. The Morgan fingerprint density at radius 3 is 1.13 bits per heavy atom. The molecule has 2 nitrogen and oxygen atoms in total. The first kappa shape index (κ1) is 33.1. The molecule has 2 aromatic heterocycles. The molecule has 0 bridgehead atoms. The predicted molar refractivity (Wildman–Crippen MR) is 165 cm³/mol. The number of alkyl halides is 2. The maximum atomic E-state index is 6.66. The van der Waals surface area contributed by atoms with Gasteiger partial charge in [0.25, 0.3) is 0 Å². The van der Waals surface area contributed by atoms with Gasteiger partial charge in [0.1, 0.15) is 0 Å². The van der Waals surface area contributed by atoms with Gasteiger partial charge < -0.3 is 0 Å². The van der Waals surface area contributed by atoms with Crippen LogP contribution in [0.3, 0.4) is 0 Å². The number of aryl methyl sites for hydroxylation is 2. The minimum Gasteiger partial charge on any atom is -0.188 e. The van der Waals surface area contributed by atoms with E-state index in [0.29, 0.717) is 0 Å². The van der Waals surface area contributed by atoms with Gasteiger partial charge in [0.05, 0.1) is 0 Å². The van der Waals surface area contributed by atoms with Crippen molar-refractivity contribution in [2.75, 3.05) is 0 Å². The van der Waals surface area contributed by atoms with Gasteiger partial charge in [-0.2, -0.15) is 9.13 Å². The van der Waals surface area contributed by atoms with Gasteiger partial charge in [0, 0.05) is 37.1 Å². The Hall–Kier alpha value is -1.12. The van der Waals surface area contributed by atoms with Crippen molar-refractivity contribution in [2.24, 2.45) is 0 Å². The number of rotatable bonds is 23. The molecule has 214 valence electrons. The van der Waals surface area contributed by atoms with E-state index < -0.39 is 0 Å². The summed E-state index contributed by atoms with van der Waals surface area (Å²) in [4.78, 5) is 0. The van der Waals surface area contributed by atoms with Crippen molar-refractivity contribution in [1.82, 2.24) is 0 Å². The summed E-state index contributed by atoms with van der Waals surface area (Å²) in [6, 6.07) is 8.99. The number of unbranched alkanes of at least 4 members (excludes halogenated alkanes) is 13. The Morgan fingerprint density at radius 2 is 0.789 bits per heavy atom. The van der Waals surface area contributed by atoms with Crippen LogP contribution < -0.4 is 9.13 Å². The van der Waals surface area contributed by atoms with E-state index in [1.54, 1.807) is 0 Å². The van der Waals surface area contributed by atoms with Crippen LogP contribution in [-0.4, -0.2) is 0 Å². The van der Waals surface area contributed by atoms with Crippen molar-refractivity contribution in [3.8, 4) is 0 Å². The summed E-state index contributed by atoms with van der Waals surface area (Å²) in [6.45, 7) is 4.53. The molecule has 2 atom stereocenters. The molecule has 0 amide bonds. The van der Waals surface area contributed by atoms with E-state index in [1.165, 1.54) is 127 Å². The molecule has 0 fully saturated rings. The SMILES string of the molecule is CCCCCCc1cc[n+](C(Cl)CCCCCCCCCCC(Cl)[n+]2ccc(CCCCCC)cc2)cc1. The third-order valence-electron chi connectivity index (χ3n) is 7.76. The van der Waals surface area contributed by atoms with Gasteiger partial charge in [0.2, 0.25) is 11.0 Å². The summed E-state index contributed by atoms with van der Waals surface area (Å²) in [5.41, 5.74) is 3.02. The van der Waals surface area contributed by atoms with Crippen molar-refractivity contribution in [1.29, 1.82) is 0 Å². The second-order valence-electron chi connectivity index (χ2n) is 11.2. The van der Waals surface area contributed by atoms with Gasteiger partial charge >= 0.3 is 0 Å². The Balaban J connectivity index is 1.45. The zero-order valence-electron chi connectivity index (χ0n) is 24.6. The maximum absolute atomic E-state index is 6.66. The Labute approximate surface area is 245 Å². The van der Waals surface area contributed by atoms with Crippen molar-refractivity contribution in [3.63, 3.8) is 0 Å². The molecule has 0 aliphatic rings. The van der Waals surface area contributed by atoms with Crippen LogP contribution in [0.1, 0.15) is 152 Å². The largest absolute Gasteiger partial charge is 0.232 e. The highest BCUT2D eigenvalue weighted by Gasteiger charge is 2.15. The molecule has 0 saturated carbocycles. The van der Waals surface area contributed by atoms with Crippen LogP contribution in [0.15, 0.2) is 49.1 Å². The van der Waals surface area contributed by atoms with E-state index in [0.717, 1.165) is 12.8 Å². The first-order valence-corrected chi connectivity index (χ1v) is 16.8. The predicted octanol–water partition coefficient (Wildman–Crippen LogP) is 10.6. The molecule has 2 heterocycles. The van der Waals surface area contributed by atoms with Crippen LogP contribution in [-0.2, 0) is 12.8 Å². The van der Waals surface area contributed by atoms with Crippen LogP contribution in [0, 0.1) is 0 Å². The highest BCUT2D eigenvalue weighted by atomic mass is 35.5. The molecular weight excluding hydrogens is 507 g/mol. The molecule has 2 aromatic rings. The minimum atomic E-state index is 0.0764. The van der Waals surface area contributed by atoms with Gasteiger partial charge in [-0.15, -0.1) is 0 Å². The Morgan fingerprint density at radius 1 is 0.474 bits per heavy atom. The fourth-order valence-electron chi connectivity index (χ4n) is 5.14. The number of aromatic nitrogens is 2. The fourth-order valence-corrected chi connectivity index (χ4v) is 5.71. The molecule has 0 aliphatic heterocycles. The van der Waals surface area contributed by atoms with E-state index in [4.69, 9.17) is 23.2 Å². The molecule has 0 saturated heterocycles. The third-order valence-corrected chi connectivity index (χ3v) is 8.65. The second-order valence-corrected chi connectivity index (χ2v) is 12.2. The van der Waals surface area contributed by atoms with Crippen molar-refractivity contribution < 1.29 is 9.13 Å². The molecule has 0 N–H and O–H groups in total. The van der Waals surface area contributed by atoms with Gasteiger partial charge in [-0.05, 0) is 72.9 Å². The standard InChI is InChI=1S/C34H56Cl2N2/c1-3-5-7-15-19-31-23-27-37(28-24-31)33(35)21-17-13-11-9-10-12-14-18-22-34(36)38-29-25-32(26-30-38)20-16-8-6-4-2/h23-30,33-34H,3-22H2,1-2H3/q+2. The average Bonchev–Trinajstić information content (AvgIpc) is 2.95. The Bertz CT molecular complexity index is 737. The molecule has 2 rings (SSSR count). The number of nitrogens with zero attached hydrogens (tertiary/aromatic N) is 2. The normalized spacial score (nSPS) is 13.1. The molecule has 38 heavy (non-hydrogen) atoms. The highest BCUT2D eigenvalue weighted by Crippen LogP contribution is 2.19. The van der Waals surface area contributed by atoms with Crippen LogP contribution in [0.25, 0.3) is 0 Å². The van der Waals surface area contributed by atoms with Gasteiger partial charge in [-0.1, -0.05) is 90.9 Å². The van der Waals surface area contributed by atoms with E-state index in [1.807, 2.05) is 0 Å².